The van der Waals surface area contributed by atoms with Crippen LogP contribution in [0.3, 0.4) is 0 Å². The minimum Gasteiger partial charge on any atom is -0.493 e. The van der Waals surface area contributed by atoms with Gasteiger partial charge >= 0.3 is 0 Å². The molecule has 1 aromatic carbocycles. The lowest BCUT2D eigenvalue weighted by molar-refractivity contribution is 0.0885. The van der Waals surface area contributed by atoms with E-state index in [9.17, 15) is 4.79 Å². The van der Waals surface area contributed by atoms with E-state index >= 15 is 0 Å². The topological polar surface area (TPSA) is 50.4 Å². The summed E-state index contributed by atoms with van der Waals surface area (Å²) in [7, 11) is 0. The van der Waals surface area contributed by atoms with Crippen LogP contribution in [0.4, 0.5) is 0 Å². The predicted molar refractivity (Wildman–Crippen MR) is 94.5 cm³/mol. The van der Waals surface area contributed by atoms with Gasteiger partial charge in [0.1, 0.15) is 5.75 Å². The monoisotopic (exact) mass is 328 g/mol. The highest BCUT2D eigenvalue weighted by Gasteiger charge is 2.34. The van der Waals surface area contributed by atoms with Crippen LogP contribution in [0.2, 0.25) is 0 Å². The highest BCUT2D eigenvalue weighted by atomic mass is 16.5. The molecule has 1 aliphatic heterocycles. The van der Waals surface area contributed by atoms with Gasteiger partial charge < -0.3 is 15.4 Å². The minimum absolute atomic E-state index is 0.0588. The van der Waals surface area contributed by atoms with Crippen molar-refractivity contribution in [3.8, 4) is 5.75 Å². The first-order valence-corrected chi connectivity index (χ1v) is 9.62. The van der Waals surface area contributed by atoms with Crippen LogP contribution in [0.15, 0.2) is 18.2 Å². The maximum absolute atomic E-state index is 12.6. The highest BCUT2D eigenvalue weighted by Crippen LogP contribution is 2.27. The number of hydrogen-bond acceptors (Lipinski definition) is 3. The van der Waals surface area contributed by atoms with Crippen molar-refractivity contribution in [2.75, 3.05) is 6.61 Å². The molecule has 0 aromatic heterocycles. The lowest BCUT2D eigenvalue weighted by Gasteiger charge is -2.41. The fraction of sp³-hybridized carbons (Fsp3) is 0.650. The van der Waals surface area contributed by atoms with Crippen molar-refractivity contribution in [2.45, 2.75) is 75.9 Å². The summed E-state index contributed by atoms with van der Waals surface area (Å²) in [5.41, 5.74) is 1.93. The van der Waals surface area contributed by atoms with Crippen LogP contribution in [0.5, 0.6) is 5.75 Å². The molecule has 3 aliphatic rings. The number of ether oxygens (including phenoxy) is 1. The van der Waals surface area contributed by atoms with Gasteiger partial charge in [0.2, 0.25) is 0 Å². The Morgan fingerprint density at radius 3 is 2.62 bits per heavy atom. The summed E-state index contributed by atoms with van der Waals surface area (Å²) in [6, 6.07) is 7.24. The zero-order valence-corrected chi connectivity index (χ0v) is 14.4. The van der Waals surface area contributed by atoms with Gasteiger partial charge in [-0.3, -0.25) is 4.79 Å². The van der Waals surface area contributed by atoms with Crippen molar-refractivity contribution >= 4 is 5.91 Å². The van der Waals surface area contributed by atoms with E-state index < -0.39 is 0 Å². The van der Waals surface area contributed by atoms with Crippen molar-refractivity contribution in [1.29, 1.82) is 0 Å². The summed E-state index contributed by atoms with van der Waals surface area (Å²) in [6.07, 6.45) is 11.0. The Morgan fingerprint density at radius 1 is 1.00 bits per heavy atom. The van der Waals surface area contributed by atoms with Crippen LogP contribution < -0.4 is 15.4 Å². The van der Waals surface area contributed by atoms with Crippen LogP contribution in [0.1, 0.15) is 67.3 Å². The molecule has 0 radical (unpaired) electrons. The lowest BCUT2D eigenvalue weighted by Crippen LogP contribution is -2.59. The van der Waals surface area contributed by atoms with Crippen molar-refractivity contribution < 1.29 is 9.53 Å². The molecule has 0 unspecified atom stereocenters. The van der Waals surface area contributed by atoms with Gasteiger partial charge in [0.15, 0.2) is 0 Å². The molecule has 2 aliphatic carbocycles. The molecule has 130 valence electrons. The van der Waals surface area contributed by atoms with Crippen molar-refractivity contribution in [2.24, 2.45) is 0 Å². The number of rotatable bonds is 4. The molecule has 2 fully saturated rings. The SMILES string of the molecule is O=C(N[C@H]1CC[C@H]1NC1CCCCC1)c1ccc2c(c1)CCCO2. The van der Waals surface area contributed by atoms with Crippen LogP contribution in [0, 0.1) is 0 Å². The molecule has 2 saturated carbocycles. The first-order chi connectivity index (χ1) is 11.8. The minimum atomic E-state index is 0.0588. The molecule has 4 rings (SSSR count). The number of benzene rings is 1. The Bertz CT molecular complexity index is 595. The summed E-state index contributed by atoms with van der Waals surface area (Å²) in [4.78, 5) is 12.6. The van der Waals surface area contributed by atoms with Gasteiger partial charge in [0.25, 0.3) is 5.91 Å². The Hall–Kier alpha value is -1.55. The molecule has 1 heterocycles. The third-order valence-corrected chi connectivity index (χ3v) is 5.82. The molecule has 0 spiro atoms. The van der Waals surface area contributed by atoms with Gasteiger partial charge in [-0.05, 0) is 62.3 Å². The first kappa shape index (κ1) is 15.9. The Balaban J connectivity index is 1.34. The van der Waals surface area contributed by atoms with E-state index in [2.05, 4.69) is 10.6 Å². The largest absolute Gasteiger partial charge is 0.493 e. The molecule has 1 aromatic rings. The van der Waals surface area contributed by atoms with Crippen molar-refractivity contribution in [3.05, 3.63) is 29.3 Å². The van der Waals surface area contributed by atoms with E-state index in [4.69, 9.17) is 4.74 Å². The summed E-state index contributed by atoms with van der Waals surface area (Å²) in [5.74, 6) is 1.00. The number of amides is 1. The average molecular weight is 328 g/mol. The second-order valence-corrected chi connectivity index (χ2v) is 7.54. The summed E-state index contributed by atoms with van der Waals surface area (Å²) >= 11 is 0. The Labute approximate surface area is 144 Å². The molecular weight excluding hydrogens is 300 g/mol. The second kappa shape index (κ2) is 7.14. The smallest absolute Gasteiger partial charge is 0.251 e. The summed E-state index contributed by atoms with van der Waals surface area (Å²) in [6.45, 7) is 0.787. The van der Waals surface area contributed by atoms with Gasteiger partial charge in [-0.15, -0.1) is 0 Å². The van der Waals surface area contributed by atoms with Crippen LogP contribution in [-0.4, -0.2) is 30.6 Å². The fourth-order valence-corrected chi connectivity index (χ4v) is 4.20. The van der Waals surface area contributed by atoms with Crippen molar-refractivity contribution in [1.82, 2.24) is 10.6 Å². The predicted octanol–water partition coefficient (Wildman–Crippen LogP) is 3.19. The third-order valence-electron chi connectivity index (χ3n) is 5.82. The maximum Gasteiger partial charge on any atom is 0.251 e. The Kier molecular flexibility index (Phi) is 4.74. The van der Waals surface area contributed by atoms with Gasteiger partial charge in [0, 0.05) is 23.7 Å². The van der Waals surface area contributed by atoms with Gasteiger partial charge in [-0.25, -0.2) is 0 Å². The average Bonchev–Trinajstić information content (AvgIpc) is 2.63. The molecular formula is C20H28N2O2. The molecule has 0 saturated heterocycles. The van der Waals surface area contributed by atoms with E-state index in [-0.39, 0.29) is 11.9 Å². The normalized spacial score (nSPS) is 26.8. The summed E-state index contributed by atoms with van der Waals surface area (Å²) in [5, 5.41) is 7.01. The van der Waals surface area contributed by atoms with Crippen LogP contribution in [0.25, 0.3) is 0 Å². The number of hydrogen-bond donors (Lipinski definition) is 2. The van der Waals surface area contributed by atoms with Gasteiger partial charge in [0.05, 0.1) is 6.61 Å². The van der Waals surface area contributed by atoms with Crippen LogP contribution in [-0.2, 0) is 6.42 Å². The number of fused-ring (bicyclic) bond motifs is 1. The van der Waals surface area contributed by atoms with E-state index in [1.165, 1.54) is 44.1 Å². The molecule has 1 amide bonds. The maximum atomic E-state index is 12.6. The molecule has 2 N–H and O–H groups in total. The molecule has 0 bridgehead atoms. The van der Waals surface area contributed by atoms with E-state index in [0.29, 0.717) is 12.1 Å². The van der Waals surface area contributed by atoms with Gasteiger partial charge in [-0.2, -0.15) is 0 Å². The molecule has 24 heavy (non-hydrogen) atoms. The van der Waals surface area contributed by atoms with Gasteiger partial charge in [-0.1, -0.05) is 19.3 Å². The zero-order chi connectivity index (χ0) is 16.4. The Morgan fingerprint density at radius 2 is 1.83 bits per heavy atom. The summed E-state index contributed by atoms with van der Waals surface area (Å²) < 4.78 is 5.63. The molecule has 2 atom stereocenters. The van der Waals surface area contributed by atoms with E-state index in [1.807, 2.05) is 18.2 Å². The number of carbonyl (C=O) groups is 1. The highest BCUT2D eigenvalue weighted by molar-refractivity contribution is 5.95. The standard InChI is InChI=1S/C20H28N2O2/c23-20(15-8-11-19-14(13-15)5-4-12-24-19)22-18-10-9-17(18)21-16-6-2-1-3-7-16/h8,11,13,16-18,21H,1-7,9-10,12H2,(H,22,23)/t17-,18+/m1/s1. The zero-order valence-electron chi connectivity index (χ0n) is 14.4. The molecule has 4 heteroatoms. The van der Waals surface area contributed by atoms with Crippen molar-refractivity contribution in [3.63, 3.8) is 0 Å². The first-order valence-electron chi connectivity index (χ1n) is 9.62. The second-order valence-electron chi connectivity index (χ2n) is 7.54. The number of aryl methyl sites for hydroxylation is 1. The third kappa shape index (κ3) is 3.44. The molecule has 4 nitrogen and oxygen atoms in total. The fourth-order valence-electron chi connectivity index (χ4n) is 4.20. The van der Waals surface area contributed by atoms with E-state index in [0.717, 1.165) is 37.2 Å². The van der Waals surface area contributed by atoms with E-state index in [1.54, 1.807) is 0 Å². The quantitative estimate of drug-likeness (QED) is 0.892. The number of nitrogens with one attached hydrogen (secondary N) is 2. The lowest BCUT2D eigenvalue weighted by atomic mass is 9.84. The number of carbonyl (C=O) groups excluding carboxylic acids is 1. The van der Waals surface area contributed by atoms with Crippen LogP contribution >= 0.6 is 0 Å².